The third kappa shape index (κ3) is 2.82. The molecule has 0 spiro atoms. The molecule has 4 nitrogen and oxygen atoms in total. The highest BCUT2D eigenvalue weighted by Gasteiger charge is 2.74. The van der Waals surface area contributed by atoms with Crippen molar-refractivity contribution < 1.29 is 19.7 Å². The lowest BCUT2D eigenvalue weighted by atomic mass is 9.61. The van der Waals surface area contributed by atoms with Crippen LogP contribution in [0.4, 0.5) is 0 Å². The van der Waals surface area contributed by atoms with Gasteiger partial charge < -0.3 is 4.74 Å². The van der Waals surface area contributed by atoms with Gasteiger partial charge in [-0.1, -0.05) is 55.4 Å². The molecule has 0 aromatic rings. The quantitative estimate of drug-likeness (QED) is 0.452. The molecule has 136 valence electrons. The van der Waals surface area contributed by atoms with E-state index in [0.717, 1.165) is 25.7 Å². The molecule has 1 heterocycles. The van der Waals surface area contributed by atoms with Crippen LogP contribution in [0.2, 0.25) is 0 Å². The highest BCUT2D eigenvalue weighted by molar-refractivity contribution is 5.82. The Labute approximate surface area is 141 Å². The van der Waals surface area contributed by atoms with Crippen LogP contribution in [0.25, 0.3) is 0 Å². The lowest BCUT2D eigenvalue weighted by Crippen LogP contribution is -2.51. The minimum atomic E-state index is -0.618. The van der Waals surface area contributed by atoms with Crippen molar-refractivity contribution in [2.75, 3.05) is 0 Å². The molecule has 2 aliphatic carbocycles. The van der Waals surface area contributed by atoms with Gasteiger partial charge in [0, 0.05) is 5.92 Å². The summed E-state index contributed by atoms with van der Waals surface area (Å²) in [5, 5.41) is 9.44. The van der Waals surface area contributed by atoms with Crippen molar-refractivity contribution in [1.29, 1.82) is 0 Å². The van der Waals surface area contributed by atoms with E-state index in [1.807, 2.05) is 34.6 Å². The zero-order valence-corrected chi connectivity index (χ0v) is 14.9. The van der Waals surface area contributed by atoms with Crippen LogP contribution in [0.3, 0.4) is 0 Å². The largest absolute Gasteiger partial charge is 0.461 e. The fraction of sp³-hybridized carbons (Fsp3) is 0.947. The fourth-order valence-corrected chi connectivity index (χ4v) is 5.33. The van der Waals surface area contributed by atoms with E-state index in [1.165, 1.54) is 0 Å². The molecule has 1 N–H and O–H groups in total. The summed E-state index contributed by atoms with van der Waals surface area (Å²) >= 11 is 0. The maximum Gasteiger partial charge on any atom is 0.315 e. The van der Waals surface area contributed by atoms with E-state index in [2.05, 4.69) is 6.92 Å². The molecular weight excluding hydrogens is 292 g/mol. The van der Waals surface area contributed by atoms with E-state index < -0.39 is 11.5 Å². The summed E-state index contributed by atoms with van der Waals surface area (Å²) in [6, 6.07) is 0. The first-order valence-electron chi connectivity index (χ1n) is 8.87. The number of hydrogen-bond donors (Lipinski definition) is 1. The first-order valence-corrected chi connectivity index (χ1v) is 8.87. The lowest BCUT2D eigenvalue weighted by molar-refractivity contribution is -0.326. The van der Waals surface area contributed by atoms with Gasteiger partial charge in [-0.15, -0.1) is 0 Å². The number of rotatable bonds is 4. The summed E-state index contributed by atoms with van der Waals surface area (Å²) in [5.74, 6) is 1.16. The smallest absolute Gasteiger partial charge is 0.315 e. The number of fused-ring (bicyclic) bond motifs is 1. The van der Waals surface area contributed by atoms with Crippen LogP contribution in [-0.4, -0.2) is 23.4 Å². The standard InChI is InChI=1S/C16H26O4.C2H6.CH4/c1-5-6-10-9-7-11-12(10)19-14(17)16(11,8-9)13(20-18)15(2,3)4;1-2;/h9-13,18H,5-8H2,1-4H3;1-2H3;1H4. The molecule has 0 radical (unpaired) electrons. The van der Waals surface area contributed by atoms with Gasteiger partial charge in [-0.05, 0) is 36.5 Å². The molecule has 0 aromatic carbocycles. The van der Waals surface area contributed by atoms with Crippen LogP contribution in [0.15, 0.2) is 0 Å². The SMILES string of the molecule is C.CC.CCCC1C2CC3C1OC(=O)C3(C(OO)C(C)(C)C)C2. The summed E-state index contributed by atoms with van der Waals surface area (Å²) in [6.45, 7) is 12.2. The van der Waals surface area contributed by atoms with Gasteiger partial charge in [0.2, 0.25) is 0 Å². The minimum absolute atomic E-state index is 0. The van der Waals surface area contributed by atoms with E-state index in [4.69, 9.17) is 9.62 Å². The molecule has 1 aliphatic heterocycles. The van der Waals surface area contributed by atoms with Crippen LogP contribution in [0, 0.1) is 28.6 Å². The van der Waals surface area contributed by atoms with Crippen LogP contribution in [0.1, 0.15) is 74.7 Å². The van der Waals surface area contributed by atoms with Crippen LogP contribution in [0.5, 0.6) is 0 Å². The molecule has 2 saturated carbocycles. The Morgan fingerprint density at radius 3 is 2.48 bits per heavy atom. The number of carbonyl (C=O) groups excluding carboxylic acids is 1. The van der Waals surface area contributed by atoms with Crippen LogP contribution < -0.4 is 0 Å². The molecular formula is C19H36O4. The van der Waals surface area contributed by atoms with Crippen molar-refractivity contribution in [2.45, 2.75) is 86.9 Å². The fourth-order valence-electron chi connectivity index (χ4n) is 5.33. The number of carbonyl (C=O) groups is 1. The van der Waals surface area contributed by atoms with Gasteiger partial charge in [0.1, 0.15) is 17.6 Å². The Bertz CT molecular complexity index is 414. The number of esters is 1. The zero-order chi connectivity index (χ0) is 16.7. The van der Waals surface area contributed by atoms with Gasteiger partial charge in [0.05, 0.1) is 0 Å². The zero-order valence-electron chi connectivity index (χ0n) is 14.9. The van der Waals surface area contributed by atoms with Gasteiger partial charge in [-0.2, -0.15) is 0 Å². The molecule has 2 bridgehead atoms. The predicted octanol–water partition coefficient (Wildman–Crippen LogP) is 4.92. The van der Waals surface area contributed by atoms with Crippen LogP contribution in [-0.2, 0) is 14.4 Å². The Morgan fingerprint density at radius 1 is 1.39 bits per heavy atom. The van der Waals surface area contributed by atoms with E-state index in [1.54, 1.807) is 0 Å². The van der Waals surface area contributed by atoms with Gasteiger partial charge >= 0.3 is 5.97 Å². The molecule has 3 fully saturated rings. The molecule has 1 saturated heterocycles. The van der Waals surface area contributed by atoms with Crippen molar-refractivity contribution in [3.05, 3.63) is 0 Å². The Kier molecular flexibility index (Phi) is 6.31. The third-order valence-electron chi connectivity index (χ3n) is 5.85. The second kappa shape index (κ2) is 7.10. The highest BCUT2D eigenvalue weighted by Crippen LogP contribution is 2.67. The van der Waals surface area contributed by atoms with E-state index in [9.17, 15) is 10.1 Å². The second-order valence-corrected chi connectivity index (χ2v) is 8.02. The van der Waals surface area contributed by atoms with Gasteiger partial charge in [-0.25, -0.2) is 4.89 Å². The molecule has 6 atom stereocenters. The summed E-state index contributed by atoms with van der Waals surface area (Å²) in [5.41, 5.74) is -0.903. The molecule has 23 heavy (non-hydrogen) atoms. The van der Waals surface area contributed by atoms with Crippen molar-refractivity contribution in [2.24, 2.45) is 28.6 Å². The average Bonchev–Trinajstić information content (AvgIpc) is 3.03. The van der Waals surface area contributed by atoms with E-state index in [-0.39, 0.29) is 30.8 Å². The first-order chi connectivity index (χ1) is 10.4. The van der Waals surface area contributed by atoms with Crippen LogP contribution >= 0.6 is 0 Å². The molecule has 3 aliphatic rings. The summed E-state index contributed by atoms with van der Waals surface area (Å²) in [6.07, 6.45) is 3.71. The molecule has 0 aromatic heterocycles. The monoisotopic (exact) mass is 328 g/mol. The maximum absolute atomic E-state index is 12.6. The topological polar surface area (TPSA) is 55.8 Å². The average molecular weight is 328 g/mol. The van der Waals surface area contributed by atoms with Crippen molar-refractivity contribution in [3.8, 4) is 0 Å². The van der Waals surface area contributed by atoms with E-state index >= 15 is 0 Å². The van der Waals surface area contributed by atoms with Crippen molar-refractivity contribution in [1.82, 2.24) is 0 Å². The third-order valence-corrected chi connectivity index (χ3v) is 5.85. The molecule has 6 unspecified atom stereocenters. The Balaban J connectivity index is 0.000000849. The van der Waals surface area contributed by atoms with Gasteiger partial charge in [0.15, 0.2) is 0 Å². The maximum atomic E-state index is 12.6. The Hall–Kier alpha value is -0.610. The summed E-state index contributed by atoms with van der Waals surface area (Å²) < 4.78 is 5.76. The number of ether oxygens (including phenoxy) is 1. The van der Waals surface area contributed by atoms with Crippen molar-refractivity contribution in [3.63, 3.8) is 0 Å². The normalized spacial score (nSPS) is 38.5. The molecule has 0 amide bonds. The lowest BCUT2D eigenvalue weighted by Gasteiger charge is -2.42. The van der Waals surface area contributed by atoms with Gasteiger partial charge in [-0.3, -0.25) is 10.1 Å². The predicted molar refractivity (Wildman–Crippen MR) is 92.0 cm³/mol. The molecule has 3 rings (SSSR count). The minimum Gasteiger partial charge on any atom is -0.461 e. The molecule has 4 heteroatoms. The van der Waals surface area contributed by atoms with E-state index in [0.29, 0.717) is 11.8 Å². The summed E-state index contributed by atoms with van der Waals surface area (Å²) in [4.78, 5) is 17.4. The Morgan fingerprint density at radius 2 is 2.00 bits per heavy atom. The second-order valence-electron chi connectivity index (χ2n) is 8.02. The summed E-state index contributed by atoms with van der Waals surface area (Å²) in [7, 11) is 0. The van der Waals surface area contributed by atoms with Crippen molar-refractivity contribution >= 4 is 5.97 Å². The number of hydrogen-bond acceptors (Lipinski definition) is 4. The van der Waals surface area contributed by atoms with Gasteiger partial charge in [0.25, 0.3) is 0 Å². The first kappa shape index (κ1) is 20.4. The highest BCUT2D eigenvalue weighted by atomic mass is 17.1.